The zero-order chi connectivity index (χ0) is 18.4. The Morgan fingerprint density at radius 2 is 1.25 bits per heavy atom. The second kappa shape index (κ2) is 13.2. The van der Waals surface area contributed by atoms with Crippen LogP contribution in [0.5, 0.6) is 0 Å². The molecule has 24 heavy (non-hydrogen) atoms. The van der Waals surface area contributed by atoms with Gasteiger partial charge in [-0.1, -0.05) is 75.7 Å². The molecule has 0 aliphatic rings. The maximum atomic E-state index is 2.26. The van der Waals surface area contributed by atoms with Crippen LogP contribution in [0, 0.1) is 6.92 Å². The molecule has 1 nitrogen and oxygen atoms in total. The Kier molecular flexibility index (Phi) is 11.9. The van der Waals surface area contributed by atoms with Crippen molar-refractivity contribution in [2.24, 2.45) is 0 Å². The Balaban J connectivity index is 0.00000123. The van der Waals surface area contributed by atoms with Crippen molar-refractivity contribution in [1.82, 2.24) is 0 Å². The van der Waals surface area contributed by atoms with Gasteiger partial charge in [0, 0.05) is 17.1 Å². The van der Waals surface area contributed by atoms with Gasteiger partial charge in [0.25, 0.3) is 0 Å². The first-order chi connectivity index (χ1) is 11.8. The topological polar surface area (TPSA) is 3.24 Å². The van der Waals surface area contributed by atoms with E-state index in [4.69, 9.17) is 0 Å². The van der Waals surface area contributed by atoms with Crippen LogP contribution in [0.25, 0.3) is 0 Å². The summed E-state index contributed by atoms with van der Waals surface area (Å²) in [4.78, 5) is 2.26. The molecule has 0 bridgehead atoms. The van der Waals surface area contributed by atoms with Gasteiger partial charge >= 0.3 is 0 Å². The van der Waals surface area contributed by atoms with Crippen molar-refractivity contribution in [1.29, 1.82) is 0 Å². The van der Waals surface area contributed by atoms with Crippen LogP contribution in [0.3, 0.4) is 0 Å². The van der Waals surface area contributed by atoms with Crippen molar-refractivity contribution < 1.29 is 0 Å². The normalized spacial score (nSPS) is 10.4. The molecule has 0 amide bonds. The van der Waals surface area contributed by atoms with Gasteiger partial charge in [0.1, 0.15) is 0 Å². The zero-order valence-corrected chi connectivity index (χ0v) is 16.4. The molecule has 0 saturated heterocycles. The van der Waals surface area contributed by atoms with Crippen LogP contribution in [0.1, 0.15) is 47.1 Å². The maximum Gasteiger partial charge on any atom is 0.0461 e. The van der Waals surface area contributed by atoms with Crippen LogP contribution in [-0.4, -0.2) is 0 Å². The van der Waals surface area contributed by atoms with Crippen molar-refractivity contribution in [2.75, 3.05) is 4.90 Å². The third-order valence-electron chi connectivity index (χ3n) is 3.20. The van der Waals surface area contributed by atoms with Gasteiger partial charge in [-0.2, -0.15) is 0 Å². The van der Waals surface area contributed by atoms with Crippen LogP contribution in [0.15, 0.2) is 78.5 Å². The number of aryl methyl sites for hydroxylation is 1. The SMILES string of the molecule is C/C=C\C(=C/C)N(c1ccccc1)c1ccc(C)cc1.CC.CC. The van der Waals surface area contributed by atoms with E-state index in [1.807, 2.05) is 40.7 Å². The molecule has 2 rings (SSSR count). The van der Waals surface area contributed by atoms with Crippen LogP contribution in [0.2, 0.25) is 0 Å². The van der Waals surface area contributed by atoms with Crippen LogP contribution in [-0.2, 0) is 0 Å². The fourth-order valence-corrected chi connectivity index (χ4v) is 2.19. The van der Waals surface area contributed by atoms with Gasteiger partial charge in [-0.15, -0.1) is 0 Å². The Morgan fingerprint density at radius 3 is 1.71 bits per heavy atom. The zero-order valence-electron chi connectivity index (χ0n) is 16.4. The standard InChI is InChI=1S/C19H21N.2C2H6/c1-4-9-17(5-2)20(18-10-7-6-8-11-18)19-14-12-16(3)13-15-19;2*1-2/h4-15H,1-3H3;2*1-2H3/b9-4-,17-5+;;. The first-order valence-electron chi connectivity index (χ1n) is 8.97. The molecule has 0 heterocycles. The monoisotopic (exact) mass is 323 g/mol. The third kappa shape index (κ3) is 6.45. The molecule has 0 radical (unpaired) electrons. The maximum absolute atomic E-state index is 2.26. The molecule has 0 spiro atoms. The lowest BCUT2D eigenvalue weighted by atomic mass is 10.1. The van der Waals surface area contributed by atoms with E-state index in [1.54, 1.807) is 0 Å². The highest BCUT2D eigenvalue weighted by Crippen LogP contribution is 2.30. The summed E-state index contributed by atoms with van der Waals surface area (Å²) < 4.78 is 0. The van der Waals surface area contributed by atoms with Crippen LogP contribution < -0.4 is 4.90 Å². The van der Waals surface area contributed by atoms with E-state index in [1.165, 1.54) is 22.6 Å². The summed E-state index contributed by atoms with van der Waals surface area (Å²) in [5, 5.41) is 0. The van der Waals surface area contributed by atoms with E-state index in [0.717, 1.165) is 0 Å². The third-order valence-corrected chi connectivity index (χ3v) is 3.20. The summed E-state index contributed by atoms with van der Waals surface area (Å²) in [6.07, 6.45) is 6.33. The van der Waals surface area contributed by atoms with E-state index >= 15 is 0 Å². The number of rotatable bonds is 4. The average Bonchev–Trinajstić information content (AvgIpc) is 2.67. The lowest BCUT2D eigenvalue weighted by molar-refractivity contribution is 1.19. The number of allylic oxidation sites excluding steroid dienone is 3. The summed E-state index contributed by atoms with van der Waals surface area (Å²) in [6, 6.07) is 19.1. The molecule has 0 saturated carbocycles. The van der Waals surface area contributed by atoms with Gasteiger partial charge in [0.2, 0.25) is 0 Å². The van der Waals surface area contributed by atoms with Crippen molar-refractivity contribution >= 4 is 11.4 Å². The Morgan fingerprint density at radius 1 is 0.750 bits per heavy atom. The summed E-state index contributed by atoms with van der Waals surface area (Å²) in [6.45, 7) is 14.2. The minimum absolute atomic E-state index is 1.17. The second-order valence-electron chi connectivity index (χ2n) is 4.72. The van der Waals surface area contributed by atoms with Gasteiger partial charge in [-0.3, -0.25) is 0 Å². The highest BCUT2D eigenvalue weighted by molar-refractivity contribution is 5.70. The average molecular weight is 324 g/mol. The Labute approximate surface area is 149 Å². The molecule has 2 aromatic rings. The first kappa shape index (κ1) is 21.7. The van der Waals surface area contributed by atoms with Gasteiger partial charge in [0.05, 0.1) is 0 Å². The molecule has 1 heteroatoms. The largest absolute Gasteiger partial charge is 0.311 e. The molecule has 0 N–H and O–H groups in total. The minimum Gasteiger partial charge on any atom is -0.311 e. The van der Waals surface area contributed by atoms with Crippen LogP contribution >= 0.6 is 0 Å². The van der Waals surface area contributed by atoms with E-state index in [9.17, 15) is 0 Å². The van der Waals surface area contributed by atoms with Gasteiger partial charge in [-0.05, 0) is 51.1 Å². The number of anilines is 2. The summed E-state index contributed by atoms with van der Waals surface area (Å²) in [5.41, 5.74) is 4.79. The van der Waals surface area contributed by atoms with E-state index < -0.39 is 0 Å². The van der Waals surface area contributed by atoms with Crippen molar-refractivity contribution in [3.63, 3.8) is 0 Å². The minimum atomic E-state index is 1.17. The Bertz CT molecular complexity index is 592. The van der Waals surface area contributed by atoms with Crippen molar-refractivity contribution in [3.05, 3.63) is 84.1 Å². The number of hydrogen-bond donors (Lipinski definition) is 0. The fraction of sp³-hybridized carbons (Fsp3) is 0.304. The molecule has 2 aromatic carbocycles. The Hall–Kier alpha value is -2.28. The predicted octanol–water partition coefficient (Wildman–Crippen LogP) is 7.67. The molecule has 0 fully saturated rings. The number of hydrogen-bond acceptors (Lipinski definition) is 1. The number of para-hydroxylation sites is 1. The quantitative estimate of drug-likeness (QED) is 0.522. The molecule has 130 valence electrons. The van der Waals surface area contributed by atoms with E-state index in [0.29, 0.717) is 0 Å². The summed E-state index contributed by atoms with van der Waals surface area (Å²) >= 11 is 0. The summed E-state index contributed by atoms with van der Waals surface area (Å²) in [5.74, 6) is 0. The highest BCUT2D eigenvalue weighted by atomic mass is 15.1. The fourth-order valence-electron chi connectivity index (χ4n) is 2.19. The first-order valence-corrected chi connectivity index (χ1v) is 8.97. The molecular weight excluding hydrogens is 290 g/mol. The highest BCUT2D eigenvalue weighted by Gasteiger charge is 2.11. The van der Waals surface area contributed by atoms with Crippen molar-refractivity contribution in [2.45, 2.75) is 48.5 Å². The number of nitrogens with zero attached hydrogens (tertiary/aromatic N) is 1. The number of benzene rings is 2. The smallest absolute Gasteiger partial charge is 0.0461 e. The molecular formula is C23H33N. The lowest BCUT2D eigenvalue weighted by Gasteiger charge is -2.26. The van der Waals surface area contributed by atoms with Crippen molar-refractivity contribution in [3.8, 4) is 0 Å². The second-order valence-corrected chi connectivity index (χ2v) is 4.72. The van der Waals surface area contributed by atoms with E-state index in [-0.39, 0.29) is 0 Å². The lowest BCUT2D eigenvalue weighted by Crippen LogP contribution is -2.14. The molecule has 0 aliphatic heterocycles. The molecule has 0 aliphatic carbocycles. The molecule has 0 atom stereocenters. The summed E-state index contributed by atoms with van der Waals surface area (Å²) in [7, 11) is 0. The predicted molar refractivity (Wildman–Crippen MR) is 111 cm³/mol. The molecule has 0 aromatic heterocycles. The van der Waals surface area contributed by atoms with Gasteiger partial charge in [0.15, 0.2) is 0 Å². The van der Waals surface area contributed by atoms with Gasteiger partial charge in [-0.25, -0.2) is 0 Å². The van der Waals surface area contributed by atoms with Crippen LogP contribution in [0.4, 0.5) is 11.4 Å². The van der Waals surface area contributed by atoms with E-state index in [2.05, 4.69) is 85.5 Å². The van der Waals surface area contributed by atoms with Gasteiger partial charge < -0.3 is 4.90 Å². The molecule has 0 unspecified atom stereocenters.